The average Bonchev–Trinajstić information content (AvgIpc) is 2.45. The van der Waals surface area contributed by atoms with E-state index in [4.69, 9.17) is 9.47 Å². The summed E-state index contributed by atoms with van der Waals surface area (Å²) in [5.74, 6) is 0.702. The van der Waals surface area contributed by atoms with Crippen LogP contribution in [0.25, 0.3) is 0 Å². The number of esters is 1. The Bertz CT molecular complexity index is 551. The summed E-state index contributed by atoms with van der Waals surface area (Å²) in [5, 5.41) is 0. The lowest BCUT2D eigenvalue weighted by Crippen LogP contribution is -2.30. The zero-order valence-corrected chi connectivity index (χ0v) is 13.7. The number of hydrogen-bond acceptors (Lipinski definition) is 4. The van der Waals surface area contributed by atoms with Gasteiger partial charge < -0.3 is 14.4 Å². The molecule has 0 spiro atoms. The van der Waals surface area contributed by atoms with Crippen molar-refractivity contribution in [1.29, 1.82) is 0 Å². The number of methoxy groups -OCH3 is 1. The number of carbonyl (C=O) groups is 1. The van der Waals surface area contributed by atoms with Gasteiger partial charge in [-0.2, -0.15) is 0 Å². The molecule has 0 heterocycles. The van der Waals surface area contributed by atoms with Crippen molar-refractivity contribution in [3.05, 3.63) is 35.4 Å². The summed E-state index contributed by atoms with van der Waals surface area (Å²) in [6.07, 6.45) is 4.98. The minimum Gasteiger partial charge on any atom is -0.497 e. The van der Waals surface area contributed by atoms with E-state index in [1.54, 1.807) is 7.11 Å². The van der Waals surface area contributed by atoms with E-state index in [0.29, 0.717) is 19.6 Å². The highest BCUT2D eigenvalue weighted by Gasteiger charge is 2.15. The SMILES string of the molecule is CCOC(=O)CCN(CC1=CCC1)c1cc(C)cc(OC)c1. The van der Waals surface area contributed by atoms with Crippen molar-refractivity contribution in [2.45, 2.75) is 33.1 Å². The summed E-state index contributed by atoms with van der Waals surface area (Å²) >= 11 is 0. The molecule has 4 nitrogen and oxygen atoms in total. The molecule has 0 bridgehead atoms. The van der Waals surface area contributed by atoms with Crippen molar-refractivity contribution in [1.82, 2.24) is 0 Å². The second kappa shape index (κ2) is 7.87. The summed E-state index contributed by atoms with van der Waals surface area (Å²) in [7, 11) is 1.68. The molecule has 1 aromatic carbocycles. The van der Waals surface area contributed by atoms with E-state index in [0.717, 1.165) is 36.4 Å². The van der Waals surface area contributed by atoms with Crippen LogP contribution in [0.15, 0.2) is 29.8 Å². The molecule has 0 aromatic heterocycles. The van der Waals surface area contributed by atoms with Crippen LogP contribution >= 0.6 is 0 Å². The van der Waals surface area contributed by atoms with Crippen molar-refractivity contribution in [2.75, 3.05) is 31.7 Å². The molecule has 0 aliphatic heterocycles. The van der Waals surface area contributed by atoms with Gasteiger partial charge >= 0.3 is 5.97 Å². The van der Waals surface area contributed by atoms with E-state index >= 15 is 0 Å². The Kier molecular flexibility index (Phi) is 5.87. The molecule has 2 rings (SSSR count). The van der Waals surface area contributed by atoms with E-state index in [9.17, 15) is 4.79 Å². The largest absolute Gasteiger partial charge is 0.497 e. The predicted molar refractivity (Wildman–Crippen MR) is 88.5 cm³/mol. The molecule has 0 N–H and O–H groups in total. The minimum absolute atomic E-state index is 0.144. The van der Waals surface area contributed by atoms with E-state index in [2.05, 4.69) is 24.0 Å². The second-order valence-corrected chi connectivity index (χ2v) is 5.59. The predicted octanol–water partition coefficient (Wildman–Crippen LogP) is 3.48. The lowest BCUT2D eigenvalue weighted by molar-refractivity contribution is -0.142. The van der Waals surface area contributed by atoms with Gasteiger partial charge in [0.2, 0.25) is 0 Å². The molecular formula is C18H25NO3. The molecular weight excluding hydrogens is 278 g/mol. The second-order valence-electron chi connectivity index (χ2n) is 5.59. The average molecular weight is 303 g/mol. The highest BCUT2D eigenvalue weighted by Crippen LogP contribution is 2.27. The van der Waals surface area contributed by atoms with E-state index in [-0.39, 0.29) is 5.97 Å². The number of carbonyl (C=O) groups excluding carboxylic acids is 1. The summed E-state index contributed by atoms with van der Waals surface area (Å²) in [4.78, 5) is 13.9. The van der Waals surface area contributed by atoms with Crippen LogP contribution in [0.2, 0.25) is 0 Å². The first kappa shape index (κ1) is 16.4. The molecule has 0 unspecified atom stereocenters. The first-order chi connectivity index (χ1) is 10.6. The molecule has 120 valence electrons. The van der Waals surface area contributed by atoms with Gasteiger partial charge in [0.25, 0.3) is 0 Å². The third kappa shape index (κ3) is 4.52. The van der Waals surface area contributed by atoms with E-state index in [1.165, 1.54) is 5.57 Å². The van der Waals surface area contributed by atoms with Gasteiger partial charge in [-0.3, -0.25) is 4.79 Å². The zero-order valence-electron chi connectivity index (χ0n) is 13.7. The maximum atomic E-state index is 11.6. The van der Waals surface area contributed by atoms with Gasteiger partial charge in [-0.05, 0) is 44.4 Å². The zero-order chi connectivity index (χ0) is 15.9. The molecule has 1 aliphatic rings. The fraction of sp³-hybridized carbons (Fsp3) is 0.500. The molecule has 1 aromatic rings. The first-order valence-corrected chi connectivity index (χ1v) is 7.86. The minimum atomic E-state index is -0.144. The van der Waals surface area contributed by atoms with Crippen LogP contribution in [0.1, 0.15) is 31.7 Å². The Morgan fingerprint density at radius 2 is 2.09 bits per heavy atom. The third-order valence-corrected chi connectivity index (χ3v) is 3.82. The van der Waals surface area contributed by atoms with Crippen molar-refractivity contribution < 1.29 is 14.3 Å². The standard InChI is InChI=1S/C18H25NO3/c1-4-22-18(20)8-9-19(13-15-6-5-7-15)16-10-14(2)11-17(12-16)21-3/h6,10-12H,4-5,7-9,13H2,1-3H3. The van der Waals surface area contributed by atoms with Crippen molar-refractivity contribution in [3.63, 3.8) is 0 Å². The van der Waals surface area contributed by atoms with Crippen LogP contribution in [0, 0.1) is 6.92 Å². The molecule has 0 saturated carbocycles. The number of aryl methyl sites for hydroxylation is 1. The van der Waals surface area contributed by atoms with Crippen LogP contribution in [0.4, 0.5) is 5.69 Å². The summed E-state index contributed by atoms with van der Waals surface area (Å²) < 4.78 is 10.4. The quantitative estimate of drug-likeness (QED) is 0.544. The number of hydrogen-bond donors (Lipinski definition) is 0. The number of benzene rings is 1. The van der Waals surface area contributed by atoms with Crippen LogP contribution in [-0.4, -0.2) is 32.8 Å². The normalized spacial score (nSPS) is 13.1. The number of ether oxygens (including phenoxy) is 2. The number of nitrogens with zero attached hydrogens (tertiary/aromatic N) is 1. The lowest BCUT2D eigenvalue weighted by atomic mass is 9.98. The molecule has 0 radical (unpaired) electrons. The third-order valence-electron chi connectivity index (χ3n) is 3.82. The molecule has 0 amide bonds. The Morgan fingerprint density at radius 3 is 2.68 bits per heavy atom. The van der Waals surface area contributed by atoms with Gasteiger partial charge in [0.15, 0.2) is 0 Å². The van der Waals surface area contributed by atoms with Gasteiger partial charge in [0.1, 0.15) is 5.75 Å². The fourth-order valence-electron chi connectivity index (χ4n) is 2.52. The van der Waals surface area contributed by atoms with E-state index < -0.39 is 0 Å². The monoisotopic (exact) mass is 303 g/mol. The van der Waals surface area contributed by atoms with E-state index in [1.807, 2.05) is 19.1 Å². The topological polar surface area (TPSA) is 38.8 Å². The first-order valence-electron chi connectivity index (χ1n) is 7.86. The summed E-state index contributed by atoms with van der Waals surface area (Å²) in [6, 6.07) is 6.17. The summed E-state index contributed by atoms with van der Waals surface area (Å²) in [6.45, 7) is 5.84. The number of allylic oxidation sites excluding steroid dienone is 1. The maximum Gasteiger partial charge on any atom is 0.307 e. The van der Waals surface area contributed by atoms with Crippen molar-refractivity contribution in [2.24, 2.45) is 0 Å². The Hall–Kier alpha value is -1.97. The number of rotatable bonds is 8. The van der Waals surface area contributed by atoms with Gasteiger partial charge in [-0.1, -0.05) is 11.6 Å². The lowest BCUT2D eigenvalue weighted by Gasteiger charge is -2.29. The molecule has 22 heavy (non-hydrogen) atoms. The van der Waals surface area contributed by atoms with Crippen LogP contribution in [-0.2, 0) is 9.53 Å². The van der Waals surface area contributed by atoms with Gasteiger partial charge in [0, 0.05) is 24.8 Å². The Balaban J connectivity index is 2.12. The maximum absolute atomic E-state index is 11.6. The molecule has 4 heteroatoms. The Morgan fingerprint density at radius 1 is 1.32 bits per heavy atom. The molecule has 0 atom stereocenters. The van der Waals surface area contributed by atoms with Gasteiger partial charge in [-0.15, -0.1) is 0 Å². The van der Waals surface area contributed by atoms with Gasteiger partial charge in [-0.25, -0.2) is 0 Å². The molecule has 1 aliphatic carbocycles. The smallest absolute Gasteiger partial charge is 0.307 e. The van der Waals surface area contributed by atoms with Crippen molar-refractivity contribution >= 4 is 11.7 Å². The molecule has 0 saturated heterocycles. The van der Waals surface area contributed by atoms with Crippen LogP contribution in [0.5, 0.6) is 5.75 Å². The van der Waals surface area contributed by atoms with Crippen molar-refractivity contribution in [3.8, 4) is 5.75 Å². The number of anilines is 1. The summed E-state index contributed by atoms with van der Waals surface area (Å²) in [5.41, 5.74) is 3.68. The van der Waals surface area contributed by atoms with Crippen LogP contribution < -0.4 is 9.64 Å². The fourth-order valence-corrected chi connectivity index (χ4v) is 2.52. The highest BCUT2D eigenvalue weighted by molar-refractivity contribution is 5.70. The Labute approximate surface area is 132 Å². The van der Waals surface area contributed by atoms with Gasteiger partial charge in [0.05, 0.1) is 20.1 Å². The van der Waals surface area contributed by atoms with Crippen LogP contribution in [0.3, 0.4) is 0 Å². The molecule has 0 fully saturated rings. The highest BCUT2D eigenvalue weighted by atomic mass is 16.5.